The second-order valence-corrected chi connectivity index (χ2v) is 6.09. The van der Waals surface area contributed by atoms with E-state index in [0.717, 1.165) is 11.1 Å². The molecule has 0 fully saturated rings. The molecule has 4 nitrogen and oxygen atoms in total. The van der Waals surface area contributed by atoms with Crippen LogP contribution >= 0.6 is 23.2 Å². The Balaban J connectivity index is 1.97. The molecule has 2 aromatic rings. The van der Waals surface area contributed by atoms with Gasteiger partial charge in [-0.3, -0.25) is 9.59 Å². The topological polar surface area (TPSA) is 55.4 Å². The number of benzene rings is 2. The molecule has 0 aliphatic heterocycles. The third kappa shape index (κ3) is 5.55. The standard InChI is InChI=1S/C18H17Cl2NO3/c1-12(22)21-17(14-5-3-2-4-6-14)10-18(23)24-11-13-7-8-15(19)16(20)9-13/h2-9,17H,10-11H2,1H3,(H,21,22)/t17-/m1/s1. The van der Waals surface area contributed by atoms with E-state index >= 15 is 0 Å². The monoisotopic (exact) mass is 365 g/mol. The van der Waals surface area contributed by atoms with E-state index in [4.69, 9.17) is 27.9 Å². The lowest BCUT2D eigenvalue weighted by Gasteiger charge is -2.17. The van der Waals surface area contributed by atoms with E-state index < -0.39 is 12.0 Å². The minimum Gasteiger partial charge on any atom is -0.461 e. The van der Waals surface area contributed by atoms with Gasteiger partial charge in [0.05, 0.1) is 22.5 Å². The zero-order valence-electron chi connectivity index (χ0n) is 13.1. The van der Waals surface area contributed by atoms with Crippen molar-refractivity contribution in [2.24, 2.45) is 0 Å². The van der Waals surface area contributed by atoms with Crippen molar-refractivity contribution in [3.05, 3.63) is 69.7 Å². The van der Waals surface area contributed by atoms with Gasteiger partial charge < -0.3 is 10.1 Å². The maximum absolute atomic E-state index is 12.1. The first-order valence-electron chi connectivity index (χ1n) is 7.37. The second kappa shape index (κ2) is 8.71. The van der Waals surface area contributed by atoms with Crippen molar-refractivity contribution in [1.29, 1.82) is 0 Å². The van der Waals surface area contributed by atoms with Crippen LogP contribution in [0.2, 0.25) is 10.0 Å². The molecule has 0 radical (unpaired) electrons. The summed E-state index contributed by atoms with van der Waals surface area (Å²) in [6.45, 7) is 1.51. The van der Waals surface area contributed by atoms with Gasteiger partial charge in [0.1, 0.15) is 6.61 Å². The number of ether oxygens (including phenoxy) is 1. The van der Waals surface area contributed by atoms with E-state index in [2.05, 4.69) is 5.32 Å². The quantitative estimate of drug-likeness (QED) is 0.776. The lowest BCUT2D eigenvalue weighted by atomic mass is 10.0. The summed E-state index contributed by atoms with van der Waals surface area (Å²) in [6, 6.07) is 13.9. The molecule has 0 aliphatic rings. The number of nitrogens with one attached hydrogen (secondary N) is 1. The molecule has 0 bridgehead atoms. The Kier molecular flexibility index (Phi) is 6.64. The Hall–Kier alpha value is -2.04. The Morgan fingerprint density at radius 1 is 1.08 bits per heavy atom. The summed E-state index contributed by atoms with van der Waals surface area (Å²) in [4.78, 5) is 23.5. The molecule has 0 aliphatic carbocycles. The van der Waals surface area contributed by atoms with Gasteiger partial charge in [0, 0.05) is 6.92 Å². The highest BCUT2D eigenvalue weighted by atomic mass is 35.5. The van der Waals surface area contributed by atoms with Gasteiger partial charge in [0.2, 0.25) is 5.91 Å². The predicted octanol–water partition coefficient (Wildman–Crippen LogP) is 4.30. The molecule has 0 heterocycles. The molecule has 2 rings (SSSR count). The van der Waals surface area contributed by atoms with Crippen molar-refractivity contribution in [3.8, 4) is 0 Å². The number of esters is 1. The van der Waals surface area contributed by atoms with Gasteiger partial charge in [-0.1, -0.05) is 59.6 Å². The number of hydrogen-bond acceptors (Lipinski definition) is 3. The van der Waals surface area contributed by atoms with Crippen LogP contribution in [-0.2, 0) is 20.9 Å². The Morgan fingerprint density at radius 3 is 2.42 bits per heavy atom. The lowest BCUT2D eigenvalue weighted by Crippen LogP contribution is -2.28. The molecule has 24 heavy (non-hydrogen) atoms. The molecule has 0 unspecified atom stereocenters. The summed E-state index contributed by atoms with van der Waals surface area (Å²) in [6.07, 6.45) is 0.0465. The van der Waals surface area contributed by atoms with E-state index in [0.29, 0.717) is 10.0 Å². The molecule has 0 saturated carbocycles. The summed E-state index contributed by atoms with van der Waals surface area (Å²) >= 11 is 11.8. The summed E-state index contributed by atoms with van der Waals surface area (Å²) < 4.78 is 5.26. The van der Waals surface area contributed by atoms with Crippen molar-refractivity contribution >= 4 is 35.1 Å². The first-order valence-corrected chi connectivity index (χ1v) is 8.13. The highest BCUT2D eigenvalue weighted by Gasteiger charge is 2.18. The van der Waals surface area contributed by atoms with Crippen LogP contribution in [0.1, 0.15) is 30.5 Å². The Labute approximate surface area is 150 Å². The van der Waals surface area contributed by atoms with Gasteiger partial charge >= 0.3 is 5.97 Å². The first-order chi connectivity index (χ1) is 11.5. The van der Waals surface area contributed by atoms with Crippen molar-refractivity contribution in [3.63, 3.8) is 0 Å². The molecule has 6 heteroatoms. The number of rotatable bonds is 6. The second-order valence-electron chi connectivity index (χ2n) is 5.28. The number of halogens is 2. The van der Waals surface area contributed by atoms with Crippen LogP contribution in [0.4, 0.5) is 0 Å². The predicted molar refractivity (Wildman–Crippen MR) is 93.9 cm³/mol. The van der Waals surface area contributed by atoms with Crippen LogP contribution in [0.25, 0.3) is 0 Å². The van der Waals surface area contributed by atoms with Gasteiger partial charge in [-0.25, -0.2) is 0 Å². The fraction of sp³-hybridized carbons (Fsp3) is 0.222. The van der Waals surface area contributed by atoms with E-state index in [-0.39, 0.29) is 18.9 Å². The first kappa shape index (κ1) is 18.3. The average molecular weight is 366 g/mol. The molecule has 126 valence electrons. The van der Waals surface area contributed by atoms with E-state index in [1.54, 1.807) is 18.2 Å². The molecule has 0 spiro atoms. The largest absolute Gasteiger partial charge is 0.461 e. The van der Waals surface area contributed by atoms with E-state index in [9.17, 15) is 9.59 Å². The molecule has 0 aromatic heterocycles. The normalized spacial score (nSPS) is 11.6. The number of amides is 1. The van der Waals surface area contributed by atoms with Crippen molar-refractivity contribution in [2.75, 3.05) is 0 Å². The molecule has 2 aromatic carbocycles. The smallest absolute Gasteiger partial charge is 0.308 e. The Bertz CT molecular complexity index is 719. The zero-order chi connectivity index (χ0) is 17.5. The van der Waals surface area contributed by atoms with Gasteiger partial charge in [-0.2, -0.15) is 0 Å². The minimum atomic E-state index is -0.426. The number of hydrogen-bond donors (Lipinski definition) is 1. The van der Waals surface area contributed by atoms with Crippen molar-refractivity contribution < 1.29 is 14.3 Å². The van der Waals surface area contributed by atoms with Crippen LogP contribution in [0.3, 0.4) is 0 Å². The maximum Gasteiger partial charge on any atom is 0.308 e. The van der Waals surface area contributed by atoms with Gasteiger partial charge in [0.15, 0.2) is 0 Å². The number of carbonyl (C=O) groups excluding carboxylic acids is 2. The van der Waals surface area contributed by atoms with Gasteiger partial charge in [-0.15, -0.1) is 0 Å². The fourth-order valence-corrected chi connectivity index (χ4v) is 2.52. The Morgan fingerprint density at radius 2 is 1.79 bits per heavy atom. The molecule has 1 N–H and O–H groups in total. The van der Waals surface area contributed by atoms with Crippen LogP contribution < -0.4 is 5.32 Å². The van der Waals surface area contributed by atoms with Gasteiger partial charge in [0.25, 0.3) is 0 Å². The van der Waals surface area contributed by atoms with Gasteiger partial charge in [-0.05, 0) is 23.3 Å². The van der Waals surface area contributed by atoms with Crippen LogP contribution in [0, 0.1) is 0 Å². The molecular weight excluding hydrogens is 349 g/mol. The van der Waals surface area contributed by atoms with E-state index in [1.165, 1.54) is 6.92 Å². The van der Waals surface area contributed by atoms with Crippen molar-refractivity contribution in [2.45, 2.75) is 26.0 Å². The average Bonchev–Trinajstić information content (AvgIpc) is 2.56. The highest BCUT2D eigenvalue weighted by Crippen LogP contribution is 2.23. The van der Waals surface area contributed by atoms with E-state index in [1.807, 2.05) is 30.3 Å². The SMILES string of the molecule is CC(=O)N[C@H](CC(=O)OCc1ccc(Cl)c(Cl)c1)c1ccccc1. The minimum absolute atomic E-state index is 0.0465. The summed E-state index contributed by atoms with van der Waals surface area (Å²) in [5.41, 5.74) is 1.59. The van der Waals surface area contributed by atoms with Crippen molar-refractivity contribution in [1.82, 2.24) is 5.32 Å². The molecular formula is C18H17Cl2NO3. The molecule has 1 atom stereocenters. The van der Waals surface area contributed by atoms with Crippen LogP contribution in [0.5, 0.6) is 0 Å². The molecule has 0 saturated heterocycles. The third-order valence-corrected chi connectivity index (χ3v) is 4.07. The van der Waals surface area contributed by atoms with Crippen LogP contribution in [-0.4, -0.2) is 11.9 Å². The highest BCUT2D eigenvalue weighted by molar-refractivity contribution is 6.42. The summed E-state index contributed by atoms with van der Waals surface area (Å²) in [5, 5.41) is 3.62. The lowest BCUT2D eigenvalue weighted by molar-refractivity contribution is -0.145. The van der Waals surface area contributed by atoms with Crippen LogP contribution in [0.15, 0.2) is 48.5 Å². The number of carbonyl (C=O) groups is 2. The zero-order valence-corrected chi connectivity index (χ0v) is 14.6. The summed E-state index contributed by atoms with van der Waals surface area (Å²) in [7, 11) is 0. The third-order valence-electron chi connectivity index (χ3n) is 3.33. The maximum atomic E-state index is 12.1. The summed E-state index contributed by atoms with van der Waals surface area (Å²) in [5.74, 6) is -0.621. The molecule has 1 amide bonds. The fourth-order valence-electron chi connectivity index (χ4n) is 2.20.